The van der Waals surface area contributed by atoms with Crippen molar-refractivity contribution in [3.63, 3.8) is 0 Å². The average molecular weight is 360 g/mol. The summed E-state index contributed by atoms with van der Waals surface area (Å²) in [5, 5.41) is 20.1. The first-order valence-corrected chi connectivity index (χ1v) is 8.45. The summed E-state index contributed by atoms with van der Waals surface area (Å²) in [6, 6.07) is 5.87. The van der Waals surface area contributed by atoms with Crippen molar-refractivity contribution in [2.24, 2.45) is 0 Å². The molecular formula is C18H24N4O4. The molecule has 0 bridgehead atoms. The van der Waals surface area contributed by atoms with E-state index in [-0.39, 0.29) is 30.5 Å². The van der Waals surface area contributed by atoms with Gasteiger partial charge in [-0.25, -0.2) is 9.48 Å². The minimum Gasteiger partial charge on any atom is -0.508 e. The highest BCUT2D eigenvalue weighted by atomic mass is 16.5. The smallest absolute Gasteiger partial charge is 0.328 e. The molecule has 0 fully saturated rings. The van der Waals surface area contributed by atoms with Gasteiger partial charge < -0.3 is 15.2 Å². The number of nitrogens with one attached hydrogen (secondary N) is 1. The molecule has 1 heterocycles. The lowest BCUT2D eigenvalue weighted by Gasteiger charge is -2.16. The quantitative estimate of drug-likeness (QED) is 0.689. The summed E-state index contributed by atoms with van der Waals surface area (Å²) in [6.07, 6.45) is 2.72. The number of methoxy groups -OCH3 is 1. The second-order valence-electron chi connectivity index (χ2n) is 6.30. The molecule has 140 valence electrons. The van der Waals surface area contributed by atoms with Crippen molar-refractivity contribution >= 4 is 11.9 Å². The monoisotopic (exact) mass is 360 g/mol. The van der Waals surface area contributed by atoms with Crippen LogP contribution in [0.1, 0.15) is 37.6 Å². The lowest BCUT2D eigenvalue weighted by molar-refractivity contribution is -0.145. The largest absolute Gasteiger partial charge is 0.508 e. The summed E-state index contributed by atoms with van der Waals surface area (Å²) >= 11 is 0. The van der Waals surface area contributed by atoms with Gasteiger partial charge in [0.05, 0.1) is 12.8 Å². The summed E-state index contributed by atoms with van der Waals surface area (Å²) in [5.74, 6) is -0.641. The first kappa shape index (κ1) is 19.4. The zero-order valence-electron chi connectivity index (χ0n) is 15.2. The van der Waals surface area contributed by atoms with Crippen molar-refractivity contribution in [2.75, 3.05) is 7.11 Å². The van der Waals surface area contributed by atoms with Crippen LogP contribution in [0.15, 0.2) is 30.5 Å². The molecule has 1 aromatic carbocycles. The van der Waals surface area contributed by atoms with Gasteiger partial charge in [-0.3, -0.25) is 4.79 Å². The third-order valence-electron chi connectivity index (χ3n) is 3.89. The van der Waals surface area contributed by atoms with E-state index >= 15 is 0 Å². The van der Waals surface area contributed by atoms with Crippen LogP contribution in [0.3, 0.4) is 0 Å². The van der Waals surface area contributed by atoms with E-state index in [9.17, 15) is 14.7 Å². The number of amides is 1. The number of aryl methyl sites for hydroxylation is 1. The minimum absolute atomic E-state index is 0.141. The Morgan fingerprint density at radius 2 is 1.96 bits per heavy atom. The van der Waals surface area contributed by atoms with Crippen LogP contribution in [0.4, 0.5) is 0 Å². The predicted octanol–water partition coefficient (Wildman–Crippen LogP) is 1.40. The number of carbonyl (C=O) groups excluding carboxylic acids is 2. The molecule has 1 aromatic heterocycles. The summed E-state index contributed by atoms with van der Waals surface area (Å²) in [4.78, 5) is 24.2. The van der Waals surface area contributed by atoms with Crippen LogP contribution < -0.4 is 5.32 Å². The number of ether oxygens (including phenoxy) is 1. The van der Waals surface area contributed by atoms with E-state index in [2.05, 4.69) is 15.6 Å². The Morgan fingerprint density at radius 3 is 2.54 bits per heavy atom. The molecule has 0 spiro atoms. The number of aromatic hydroxyl groups is 1. The van der Waals surface area contributed by atoms with Crippen LogP contribution in [0.2, 0.25) is 0 Å². The lowest BCUT2D eigenvalue weighted by atomic mass is 10.1. The summed E-state index contributed by atoms with van der Waals surface area (Å²) in [6.45, 7) is 3.99. The van der Waals surface area contributed by atoms with Crippen LogP contribution >= 0.6 is 0 Å². The van der Waals surface area contributed by atoms with Gasteiger partial charge in [-0.1, -0.05) is 17.3 Å². The van der Waals surface area contributed by atoms with Crippen molar-refractivity contribution in [1.29, 1.82) is 0 Å². The fourth-order valence-electron chi connectivity index (χ4n) is 2.39. The fraction of sp³-hybridized carbons (Fsp3) is 0.444. The van der Waals surface area contributed by atoms with Crippen LogP contribution in [0, 0.1) is 0 Å². The normalized spacial score (nSPS) is 12.0. The molecule has 2 aromatic rings. The summed E-state index contributed by atoms with van der Waals surface area (Å²) in [5.41, 5.74) is 1.53. The number of phenols is 1. The number of carbonyl (C=O) groups is 2. The molecule has 2 N–H and O–H groups in total. The van der Waals surface area contributed by atoms with E-state index in [1.165, 1.54) is 19.2 Å². The molecule has 1 amide bonds. The third kappa shape index (κ3) is 5.58. The highest BCUT2D eigenvalue weighted by Gasteiger charge is 2.22. The van der Waals surface area contributed by atoms with Gasteiger partial charge in [-0.15, -0.1) is 5.10 Å². The number of hydrogen-bond acceptors (Lipinski definition) is 6. The van der Waals surface area contributed by atoms with E-state index in [4.69, 9.17) is 4.74 Å². The van der Waals surface area contributed by atoms with E-state index in [0.717, 1.165) is 11.3 Å². The lowest BCUT2D eigenvalue weighted by Crippen LogP contribution is -2.43. The maximum atomic E-state index is 12.2. The molecule has 1 unspecified atom stereocenters. The maximum Gasteiger partial charge on any atom is 0.328 e. The van der Waals surface area contributed by atoms with Gasteiger partial charge in [-0.2, -0.15) is 0 Å². The maximum absolute atomic E-state index is 12.2. The first-order valence-electron chi connectivity index (χ1n) is 8.45. The molecule has 0 aliphatic carbocycles. The van der Waals surface area contributed by atoms with E-state index in [0.29, 0.717) is 6.42 Å². The molecule has 0 aliphatic heterocycles. The van der Waals surface area contributed by atoms with Gasteiger partial charge in [0, 0.05) is 31.5 Å². The molecular weight excluding hydrogens is 336 g/mol. The molecule has 0 saturated carbocycles. The summed E-state index contributed by atoms with van der Waals surface area (Å²) in [7, 11) is 1.28. The third-order valence-corrected chi connectivity index (χ3v) is 3.89. The molecule has 0 radical (unpaired) electrons. The van der Waals surface area contributed by atoms with Crippen LogP contribution in [0.25, 0.3) is 0 Å². The SMILES string of the molecule is COC(=O)C(Cc1ccc(O)cc1)NC(=O)CCc1cn(C(C)C)nn1. The number of rotatable bonds is 8. The zero-order valence-corrected chi connectivity index (χ0v) is 15.2. The van der Waals surface area contributed by atoms with Crippen molar-refractivity contribution < 1.29 is 19.4 Å². The number of aromatic nitrogens is 3. The molecule has 0 saturated heterocycles. The van der Waals surface area contributed by atoms with Gasteiger partial charge in [0.2, 0.25) is 5.91 Å². The van der Waals surface area contributed by atoms with Crippen LogP contribution in [-0.4, -0.2) is 45.1 Å². The minimum atomic E-state index is -0.789. The van der Waals surface area contributed by atoms with Crippen molar-refractivity contribution in [2.45, 2.75) is 45.2 Å². The van der Waals surface area contributed by atoms with Crippen LogP contribution in [-0.2, 0) is 27.2 Å². The van der Waals surface area contributed by atoms with Gasteiger partial charge >= 0.3 is 5.97 Å². The Bertz CT molecular complexity index is 740. The van der Waals surface area contributed by atoms with Crippen molar-refractivity contribution in [3.8, 4) is 5.75 Å². The fourth-order valence-corrected chi connectivity index (χ4v) is 2.39. The Hall–Kier alpha value is -2.90. The Labute approximate surface area is 152 Å². The van der Waals surface area contributed by atoms with Gasteiger partial charge in [0.15, 0.2) is 0 Å². The predicted molar refractivity (Wildman–Crippen MR) is 94.5 cm³/mol. The molecule has 8 heteroatoms. The standard InChI is InChI=1S/C18H24N4O4/c1-12(2)22-11-14(20-21-22)6-9-17(24)19-16(18(25)26-3)10-13-4-7-15(23)8-5-13/h4-5,7-8,11-12,16,23H,6,9-10H2,1-3H3,(H,19,24). The summed E-state index contributed by atoms with van der Waals surface area (Å²) < 4.78 is 6.50. The zero-order chi connectivity index (χ0) is 19.1. The molecule has 0 aliphatic rings. The van der Waals surface area contributed by atoms with Crippen LogP contribution in [0.5, 0.6) is 5.75 Å². The second-order valence-corrected chi connectivity index (χ2v) is 6.30. The first-order chi connectivity index (χ1) is 12.4. The average Bonchev–Trinajstić information content (AvgIpc) is 3.10. The van der Waals surface area contributed by atoms with Crippen molar-refractivity contribution in [3.05, 3.63) is 41.7 Å². The highest BCUT2D eigenvalue weighted by Crippen LogP contribution is 2.12. The highest BCUT2D eigenvalue weighted by molar-refractivity contribution is 5.84. The number of phenolic OH excluding ortho intramolecular Hbond substituents is 1. The number of esters is 1. The Kier molecular flexibility index (Phi) is 6.71. The van der Waals surface area contributed by atoms with Crippen molar-refractivity contribution in [1.82, 2.24) is 20.3 Å². The van der Waals surface area contributed by atoms with Gasteiger partial charge in [0.25, 0.3) is 0 Å². The number of benzene rings is 1. The Morgan fingerprint density at radius 1 is 1.27 bits per heavy atom. The van der Waals surface area contributed by atoms with Gasteiger partial charge in [-0.05, 0) is 31.5 Å². The van der Waals surface area contributed by atoms with E-state index in [1.54, 1.807) is 16.8 Å². The second kappa shape index (κ2) is 8.98. The number of hydrogen-bond donors (Lipinski definition) is 2. The molecule has 1 atom stereocenters. The van der Waals surface area contributed by atoms with Gasteiger partial charge in [0.1, 0.15) is 11.8 Å². The van der Waals surface area contributed by atoms with E-state index in [1.807, 2.05) is 20.0 Å². The molecule has 2 rings (SSSR count). The topological polar surface area (TPSA) is 106 Å². The Balaban J connectivity index is 1.92. The molecule has 26 heavy (non-hydrogen) atoms. The van der Waals surface area contributed by atoms with E-state index < -0.39 is 12.0 Å². The number of nitrogens with zero attached hydrogens (tertiary/aromatic N) is 3. The molecule has 8 nitrogen and oxygen atoms in total.